The standard InChI is InChI=1S/C25H40O5/c1-17(15-29-16-20-12-10-9-11-13-20)22(27)19(3)23(28)25(7,8)18(2)14-21(26)30-24(4,5)6/h9-13,17-19,22,27H,14-16H2,1-8H3/t17-,18-,19+,22-/m0/s1. The molecule has 0 spiro atoms. The number of rotatable bonds is 11. The normalized spacial score (nSPS) is 16.4. The Hall–Kier alpha value is -1.72. The average molecular weight is 421 g/mol. The molecule has 170 valence electrons. The van der Waals surface area contributed by atoms with Gasteiger partial charge >= 0.3 is 5.97 Å². The van der Waals surface area contributed by atoms with Gasteiger partial charge in [-0.1, -0.05) is 65.0 Å². The Labute approximate surface area is 182 Å². The minimum Gasteiger partial charge on any atom is -0.460 e. The van der Waals surface area contributed by atoms with Crippen LogP contribution in [0.4, 0.5) is 0 Å². The summed E-state index contributed by atoms with van der Waals surface area (Å²) in [4.78, 5) is 25.3. The number of carbonyl (C=O) groups excluding carboxylic acids is 2. The third-order valence-electron chi connectivity index (χ3n) is 5.76. The molecule has 1 aromatic rings. The lowest BCUT2D eigenvalue weighted by Gasteiger charge is -2.35. The molecule has 0 amide bonds. The molecule has 4 atom stereocenters. The summed E-state index contributed by atoms with van der Waals surface area (Å²) in [6.45, 7) is 15.5. The summed E-state index contributed by atoms with van der Waals surface area (Å²) in [5, 5.41) is 10.7. The largest absolute Gasteiger partial charge is 0.460 e. The quantitative estimate of drug-likeness (QED) is 0.521. The Bertz CT molecular complexity index is 675. The number of carbonyl (C=O) groups is 2. The fourth-order valence-corrected chi connectivity index (χ4v) is 3.40. The molecule has 0 unspecified atom stereocenters. The molecule has 5 nitrogen and oxygen atoms in total. The van der Waals surface area contributed by atoms with Crippen molar-refractivity contribution in [3.63, 3.8) is 0 Å². The number of esters is 1. The van der Waals surface area contributed by atoms with Gasteiger partial charge in [0.2, 0.25) is 0 Å². The number of aliphatic hydroxyl groups is 1. The molecule has 0 fully saturated rings. The van der Waals surface area contributed by atoms with Crippen molar-refractivity contribution in [2.75, 3.05) is 6.61 Å². The zero-order valence-electron chi connectivity index (χ0n) is 19.9. The minimum atomic E-state index is -0.818. The van der Waals surface area contributed by atoms with Crippen molar-refractivity contribution in [2.24, 2.45) is 23.2 Å². The van der Waals surface area contributed by atoms with Crippen LogP contribution < -0.4 is 0 Å². The van der Waals surface area contributed by atoms with Crippen LogP contribution in [0.1, 0.15) is 67.4 Å². The summed E-state index contributed by atoms with van der Waals surface area (Å²) in [7, 11) is 0. The highest BCUT2D eigenvalue weighted by Crippen LogP contribution is 2.35. The zero-order valence-corrected chi connectivity index (χ0v) is 19.9. The van der Waals surface area contributed by atoms with E-state index in [1.54, 1.807) is 6.92 Å². The van der Waals surface area contributed by atoms with E-state index in [0.29, 0.717) is 13.2 Å². The Kier molecular flexibility index (Phi) is 9.70. The van der Waals surface area contributed by atoms with E-state index in [4.69, 9.17) is 9.47 Å². The Morgan fingerprint density at radius 1 is 1.00 bits per heavy atom. The second-order valence-corrected chi connectivity index (χ2v) is 10.0. The van der Waals surface area contributed by atoms with Gasteiger partial charge in [-0.05, 0) is 32.3 Å². The van der Waals surface area contributed by atoms with Crippen molar-refractivity contribution < 1.29 is 24.2 Å². The number of hydrogen-bond donors (Lipinski definition) is 1. The molecule has 0 aromatic heterocycles. The predicted octanol–water partition coefficient (Wildman–Crippen LogP) is 4.80. The van der Waals surface area contributed by atoms with Crippen LogP contribution in [0.5, 0.6) is 0 Å². The molecule has 1 aromatic carbocycles. The fraction of sp³-hybridized carbons (Fsp3) is 0.680. The van der Waals surface area contributed by atoms with Gasteiger partial charge in [0.05, 0.1) is 19.3 Å². The summed E-state index contributed by atoms with van der Waals surface area (Å²) in [6, 6.07) is 9.84. The average Bonchev–Trinajstić information content (AvgIpc) is 2.65. The molecule has 0 aliphatic carbocycles. The first-order valence-electron chi connectivity index (χ1n) is 10.8. The van der Waals surface area contributed by atoms with E-state index in [1.807, 2.05) is 78.8 Å². The smallest absolute Gasteiger partial charge is 0.306 e. The Balaban J connectivity index is 2.62. The van der Waals surface area contributed by atoms with Crippen molar-refractivity contribution in [1.29, 1.82) is 0 Å². The molecule has 0 heterocycles. The van der Waals surface area contributed by atoms with Crippen LogP contribution >= 0.6 is 0 Å². The molecule has 1 rings (SSSR count). The van der Waals surface area contributed by atoms with E-state index in [0.717, 1.165) is 5.56 Å². The minimum absolute atomic E-state index is 0.0547. The highest BCUT2D eigenvalue weighted by molar-refractivity contribution is 5.87. The predicted molar refractivity (Wildman–Crippen MR) is 119 cm³/mol. The van der Waals surface area contributed by atoms with Gasteiger partial charge in [0, 0.05) is 23.7 Å². The molecule has 1 N–H and O–H groups in total. The molecular formula is C25H40O5. The van der Waals surface area contributed by atoms with Crippen molar-refractivity contribution in [1.82, 2.24) is 0 Å². The van der Waals surface area contributed by atoms with Crippen molar-refractivity contribution >= 4 is 11.8 Å². The number of aliphatic hydroxyl groups excluding tert-OH is 1. The van der Waals surface area contributed by atoms with Gasteiger partial charge in [0.1, 0.15) is 11.4 Å². The van der Waals surface area contributed by atoms with Crippen LogP contribution in [-0.2, 0) is 25.7 Å². The van der Waals surface area contributed by atoms with E-state index in [-0.39, 0.29) is 30.0 Å². The summed E-state index contributed by atoms with van der Waals surface area (Å²) in [5.74, 6) is -1.33. The number of ketones is 1. The summed E-state index contributed by atoms with van der Waals surface area (Å²) in [5.41, 5.74) is -0.244. The van der Waals surface area contributed by atoms with Gasteiger partial charge in [-0.3, -0.25) is 9.59 Å². The van der Waals surface area contributed by atoms with Crippen LogP contribution in [-0.4, -0.2) is 35.2 Å². The number of benzene rings is 1. The molecule has 0 saturated heterocycles. The zero-order chi connectivity index (χ0) is 23.1. The van der Waals surface area contributed by atoms with E-state index >= 15 is 0 Å². The lowest BCUT2D eigenvalue weighted by atomic mass is 9.69. The summed E-state index contributed by atoms with van der Waals surface area (Å²) >= 11 is 0. The second-order valence-electron chi connectivity index (χ2n) is 10.0. The fourth-order valence-electron chi connectivity index (χ4n) is 3.40. The van der Waals surface area contributed by atoms with E-state index < -0.39 is 23.0 Å². The molecule has 0 aliphatic rings. The summed E-state index contributed by atoms with van der Waals surface area (Å²) in [6.07, 6.45) is -0.657. The topological polar surface area (TPSA) is 72.8 Å². The van der Waals surface area contributed by atoms with Gasteiger partial charge in [-0.2, -0.15) is 0 Å². The Morgan fingerprint density at radius 3 is 2.10 bits per heavy atom. The molecule has 0 bridgehead atoms. The highest BCUT2D eigenvalue weighted by Gasteiger charge is 2.41. The summed E-state index contributed by atoms with van der Waals surface area (Å²) < 4.78 is 11.1. The van der Waals surface area contributed by atoms with Gasteiger partial charge in [-0.15, -0.1) is 0 Å². The van der Waals surface area contributed by atoms with Crippen LogP contribution in [0.25, 0.3) is 0 Å². The maximum Gasteiger partial charge on any atom is 0.306 e. The number of hydrogen-bond acceptors (Lipinski definition) is 5. The second kappa shape index (κ2) is 11.1. The molecule has 5 heteroatoms. The van der Waals surface area contributed by atoms with Crippen LogP contribution in [0.15, 0.2) is 30.3 Å². The van der Waals surface area contributed by atoms with Crippen molar-refractivity contribution in [2.45, 2.75) is 80.1 Å². The lowest BCUT2D eigenvalue weighted by Crippen LogP contribution is -2.43. The van der Waals surface area contributed by atoms with Gasteiger partial charge in [-0.25, -0.2) is 0 Å². The third-order valence-corrected chi connectivity index (χ3v) is 5.76. The third kappa shape index (κ3) is 8.19. The van der Waals surface area contributed by atoms with Crippen molar-refractivity contribution in [3.8, 4) is 0 Å². The van der Waals surface area contributed by atoms with Crippen LogP contribution in [0.3, 0.4) is 0 Å². The Morgan fingerprint density at radius 2 is 1.57 bits per heavy atom. The maximum absolute atomic E-state index is 13.2. The molecule has 0 aliphatic heterocycles. The van der Waals surface area contributed by atoms with E-state index in [1.165, 1.54) is 0 Å². The van der Waals surface area contributed by atoms with Gasteiger partial charge in [0.25, 0.3) is 0 Å². The highest BCUT2D eigenvalue weighted by atomic mass is 16.6. The number of ether oxygens (including phenoxy) is 2. The lowest BCUT2D eigenvalue weighted by molar-refractivity contribution is -0.157. The first-order valence-corrected chi connectivity index (χ1v) is 10.8. The van der Waals surface area contributed by atoms with Gasteiger partial charge < -0.3 is 14.6 Å². The molecule has 0 radical (unpaired) electrons. The molecule has 0 saturated carbocycles. The first-order chi connectivity index (χ1) is 13.8. The van der Waals surface area contributed by atoms with Crippen molar-refractivity contribution in [3.05, 3.63) is 35.9 Å². The van der Waals surface area contributed by atoms with E-state index in [2.05, 4.69) is 0 Å². The van der Waals surface area contributed by atoms with E-state index in [9.17, 15) is 14.7 Å². The van der Waals surface area contributed by atoms with Crippen LogP contribution in [0, 0.1) is 23.2 Å². The molecular weight excluding hydrogens is 380 g/mol. The monoisotopic (exact) mass is 420 g/mol. The maximum atomic E-state index is 13.2. The molecule has 30 heavy (non-hydrogen) atoms. The first kappa shape index (κ1) is 26.3. The number of Topliss-reactive ketones (excluding diaryl/α,β-unsaturated/α-hetero) is 1. The van der Waals surface area contributed by atoms with Gasteiger partial charge in [0.15, 0.2) is 0 Å². The SMILES string of the molecule is C[C@@H](COCc1ccccc1)[C@H](O)[C@@H](C)C(=O)C(C)(C)[C@@H](C)CC(=O)OC(C)(C)C. The van der Waals surface area contributed by atoms with Crippen LogP contribution in [0.2, 0.25) is 0 Å².